The van der Waals surface area contributed by atoms with E-state index >= 15 is 0 Å². The first-order valence-electron chi connectivity index (χ1n) is 6.68. The summed E-state index contributed by atoms with van der Waals surface area (Å²) in [5.41, 5.74) is 0.393. The van der Waals surface area contributed by atoms with E-state index in [1.54, 1.807) is 12.4 Å². The highest BCUT2D eigenvalue weighted by molar-refractivity contribution is 7.14. The number of allylic oxidation sites excluding steroid dienone is 1. The Morgan fingerprint density at radius 2 is 2.13 bits per heavy atom. The number of hydrogen-bond donors (Lipinski definition) is 0. The Morgan fingerprint density at radius 3 is 2.78 bits per heavy atom. The van der Waals surface area contributed by atoms with Crippen molar-refractivity contribution in [1.29, 1.82) is 0 Å². The van der Waals surface area contributed by atoms with Crippen LogP contribution >= 0.6 is 11.3 Å². The van der Waals surface area contributed by atoms with E-state index in [0.29, 0.717) is 10.8 Å². The fourth-order valence-electron chi connectivity index (χ4n) is 1.80. The van der Waals surface area contributed by atoms with Crippen LogP contribution < -0.4 is 9.64 Å². The Morgan fingerprint density at radius 1 is 1.39 bits per heavy atom. The number of nitrogens with zero attached hydrogens (tertiary/aromatic N) is 2. The second-order valence-corrected chi connectivity index (χ2v) is 5.48. The Labute approximate surface area is 137 Å². The van der Waals surface area contributed by atoms with Crippen molar-refractivity contribution >= 4 is 34.2 Å². The molecule has 1 amide bonds. The molecule has 1 aromatic carbocycles. The number of carbonyl (C=O) groups excluding carboxylic acids is 2. The number of ketones is 1. The predicted octanol–water partition coefficient (Wildman–Crippen LogP) is 3.17. The van der Waals surface area contributed by atoms with Gasteiger partial charge in [-0.15, -0.1) is 11.3 Å². The van der Waals surface area contributed by atoms with Gasteiger partial charge in [0.2, 0.25) is 5.91 Å². The van der Waals surface area contributed by atoms with E-state index in [1.807, 2.05) is 0 Å². The summed E-state index contributed by atoms with van der Waals surface area (Å²) >= 11 is 1.28. The molecule has 0 spiro atoms. The lowest BCUT2D eigenvalue weighted by molar-refractivity contribution is -0.116. The number of amides is 1. The summed E-state index contributed by atoms with van der Waals surface area (Å²) in [5, 5.41) is 2.23. The van der Waals surface area contributed by atoms with E-state index in [2.05, 4.69) is 4.98 Å². The lowest BCUT2D eigenvalue weighted by Crippen LogP contribution is -2.22. The van der Waals surface area contributed by atoms with Gasteiger partial charge in [-0.1, -0.05) is 6.07 Å². The molecule has 0 saturated heterocycles. The highest BCUT2D eigenvalue weighted by Crippen LogP contribution is 2.23. The molecule has 0 atom stereocenters. The van der Waals surface area contributed by atoms with Crippen LogP contribution in [0.25, 0.3) is 6.08 Å². The number of halogens is 1. The number of aromatic nitrogens is 1. The van der Waals surface area contributed by atoms with Crippen LogP contribution in [0.15, 0.2) is 29.7 Å². The first-order chi connectivity index (χ1) is 10.9. The minimum atomic E-state index is -0.644. The first-order valence-corrected chi connectivity index (χ1v) is 7.56. The highest BCUT2D eigenvalue weighted by Gasteiger charge is 2.15. The first kappa shape index (κ1) is 16.8. The van der Waals surface area contributed by atoms with E-state index in [9.17, 15) is 14.0 Å². The maximum atomic E-state index is 13.8. The Hall–Kier alpha value is -2.54. The normalized spacial score (nSPS) is 10.8. The smallest absolute Gasteiger partial charge is 0.225 e. The van der Waals surface area contributed by atoms with Gasteiger partial charge in [0.25, 0.3) is 0 Å². The molecule has 0 bridgehead atoms. The second-order valence-electron chi connectivity index (χ2n) is 4.65. The lowest BCUT2D eigenvalue weighted by atomic mass is 10.1. The fraction of sp³-hybridized carbons (Fsp3) is 0.188. The number of rotatable bonds is 5. The average Bonchev–Trinajstić information content (AvgIpc) is 3.00. The second kappa shape index (κ2) is 7.15. The molecule has 0 aliphatic rings. The van der Waals surface area contributed by atoms with Crippen molar-refractivity contribution in [1.82, 2.24) is 4.98 Å². The van der Waals surface area contributed by atoms with E-state index in [1.165, 1.54) is 60.6 Å². The summed E-state index contributed by atoms with van der Waals surface area (Å²) in [6.45, 7) is 1.44. The molecule has 1 aromatic heterocycles. The molecular weight excluding hydrogens is 319 g/mol. The molecule has 0 aliphatic carbocycles. The molecule has 120 valence electrons. The maximum Gasteiger partial charge on any atom is 0.225 e. The molecule has 0 fully saturated rings. The molecule has 0 unspecified atom stereocenters. The van der Waals surface area contributed by atoms with Gasteiger partial charge >= 0.3 is 0 Å². The van der Waals surface area contributed by atoms with Crippen molar-refractivity contribution in [3.63, 3.8) is 0 Å². The van der Waals surface area contributed by atoms with Gasteiger partial charge in [0.05, 0.1) is 18.4 Å². The summed E-state index contributed by atoms with van der Waals surface area (Å²) < 4.78 is 18.8. The van der Waals surface area contributed by atoms with E-state index < -0.39 is 11.6 Å². The highest BCUT2D eigenvalue weighted by atomic mass is 32.1. The van der Waals surface area contributed by atoms with Crippen LogP contribution in [0.1, 0.15) is 23.0 Å². The van der Waals surface area contributed by atoms with Gasteiger partial charge in [-0.25, -0.2) is 9.37 Å². The van der Waals surface area contributed by atoms with Gasteiger partial charge < -0.3 is 4.74 Å². The lowest BCUT2D eigenvalue weighted by Gasteiger charge is -2.09. The van der Waals surface area contributed by atoms with Crippen LogP contribution in [0.4, 0.5) is 9.52 Å². The van der Waals surface area contributed by atoms with Crippen LogP contribution in [0.5, 0.6) is 5.75 Å². The molecule has 23 heavy (non-hydrogen) atoms. The Balaban J connectivity index is 2.21. The van der Waals surface area contributed by atoms with Gasteiger partial charge in [0.15, 0.2) is 10.9 Å². The summed E-state index contributed by atoms with van der Waals surface area (Å²) in [4.78, 5) is 29.1. The van der Waals surface area contributed by atoms with Crippen molar-refractivity contribution in [3.05, 3.63) is 46.7 Å². The van der Waals surface area contributed by atoms with Gasteiger partial charge in [-0.2, -0.15) is 0 Å². The van der Waals surface area contributed by atoms with Crippen LogP contribution in [-0.4, -0.2) is 30.8 Å². The molecule has 0 aliphatic heterocycles. The Bertz CT molecular complexity index is 770. The van der Waals surface area contributed by atoms with Gasteiger partial charge in [0.1, 0.15) is 11.6 Å². The summed E-state index contributed by atoms with van der Waals surface area (Å²) in [6.07, 6.45) is 2.70. The van der Waals surface area contributed by atoms with Crippen LogP contribution in [0.3, 0.4) is 0 Å². The van der Waals surface area contributed by atoms with Gasteiger partial charge in [0, 0.05) is 19.4 Å². The zero-order valence-electron chi connectivity index (χ0n) is 12.9. The minimum absolute atomic E-state index is 0.123. The molecule has 1 heterocycles. The summed E-state index contributed by atoms with van der Waals surface area (Å²) in [5.74, 6) is -1.12. The predicted molar refractivity (Wildman–Crippen MR) is 87.5 cm³/mol. The SMILES string of the molecule is COc1cccc(F)c1C(=O)C=Cc1csc(N(C)C(C)=O)n1. The zero-order chi connectivity index (χ0) is 17.0. The summed E-state index contributed by atoms with van der Waals surface area (Å²) in [6, 6.07) is 4.19. The number of carbonyl (C=O) groups is 2. The van der Waals surface area contributed by atoms with E-state index in [-0.39, 0.29) is 17.2 Å². The zero-order valence-corrected chi connectivity index (χ0v) is 13.7. The third kappa shape index (κ3) is 3.81. The molecule has 0 saturated carbocycles. The molecule has 0 N–H and O–H groups in total. The number of thiazole rings is 1. The maximum absolute atomic E-state index is 13.8. The van der Waals surface area contributed by atoms with E-state index in [4.69, 9.17) is 4.74 Å². The third-order valence-electron chi connectivity index (χ3n) is 3.12. The molecule has 0 radical (unpaired) electrons. The third-order valence-corrected chi connectivity index (χ3v) is 4.05. The molecule has 5 nitrogen and oxygen atoms in total. The van der Waals surface area contributed by atoms with Gasteiger partial charge in [-0.05, 0) is 24.3 Å². The number of benzene rings is 1. The Kier molecular flexibility index (Phi) is 5.23. The average molecular weight is 334 g/mol. The molecular formula is C16H15FN2O3S. The van der Waals surface area contributed by atoms with Crippen molar-refractivity contribution in [3.8, 4) is 5.75 Å². The van der Waals surface area contributed by atoms with Crippen molar-refractivity contribution < 1.29 is 18.7 Å². The van der Waals surface area contributed by atoms with E-state index in [0.717, 1.165) is 0 Å². The monoisotopic (exact) mass is 334 g/mol. The fourth-order valence-corrected chi connectivity index (χ4v) is 2.60. The van der Waals surface area contributed by atoms with Crippen molar-refractivity contribution in [2.24, 2.45) is 0 Å². The number of ether oxygens (including phenoxy) is 1. The number of anilines is 1. The van der Waals surface area contributed by atoms with Crippen LogP contribution in [0.2, 0.25) is 0 Å². The van der Waals surface area contributed by atoms with Crippen LogP contribution in [0, 0.1) is 5.82 Å². The largest absolute Gasteiger partial charge is 0.496 e. The molecule has 7 heteroatoms. The van der Waals surface area contributed by atoms with Crippen molar-refractivity contribution in [2.45, 2.75) is 6.92 Å². The van der Waals surface area contributed by atoms with Gasteiger partial charge in [-0.3, -0.25) is 14.5 Å². The standard InChI is InChI=1S/C16H15FN2O3S/c1-10(20)19(2)16-18-11(9-23-16)7-8-13(21)15-12(17)5-4-6-14(15)22-3/h4-9H,1-3H3. The quantitative estimate of drug-likeness (QED) is 0.622. The number of hydrogen-bond acceptors (Lipinski definition) is 5. The van der Waals surface area contributed by atoms with Crippen LogP contribution in [-0.2, 0) is 4.79 Å². The molecule has 2 aromatic rings. The minimum Gasteiger partial charge on any atom is -0.496 e. The summed E-state index contributed by atoms with van der Waals surface area (Å²) in [7, 11) is 2.99. The molecule has 2 rings (SSSR count). The topological polar surface area (TPSA) is 59.5 Å². The van der Waals surface area contributed by atoms with Crippen molar-refractivity contribution in [2.75, 3.05) is 19.1 Å². The number of methoxy groups -OCH3 is 1.